The molecule has 0 radical (unpaired) electrons. The minimum Gasteiger partial charge on any atom is -0.296 e. The average molecular weight is 294 g/mol. The number of carbonyl (C=O) groups excluding carboxylic acids is 1. The molecular weight excluding hydrogens is 287 g/mol. The Hall–Kier alpha value is -0.0500. The molecule has 1 nitrogen and oxygen atoms in total. The first-order valence-corrected chi connectivity index (χ1v) is 5.73. The van der Waals surface area contributed by atoms with Crippen LogP contribution in [0.15, 0.2) is 28.7 Å². The van der Waals surface area contributed by atoms with E-state index in [0.29, 0.717) is 6.42 Å². The molecule has 0 unspecified atom stereocenters. The predicted molar refractivity (Wildman–Crippen MR) is 60.9 cm³/mol. The number of carbonyl (C=O) groups is 1. The Morgan fingerprint density at radius 3 is 2.29 bits per heavy atom. The van der Waals surface area contributed by atoms with Gasteiger partial charge in [-0.2, -0.15) is 0 Å². The molecule has 0 bridgehead atoms. The molecule has 2 rings (SSSR count). The Kier molecular flexibility index (Phi) is 2.63. The van der Waals surface area contributed by atoms with E-state index >= 15 is 0 Å². The van der Waals surface area contributed by atoms with E-state index in [1.807, 2.05) is 24.3 Å². The van der Waals surface area contributed by atoms with Crippen molar-refractivity contribution in [2.75, 3.05) is 0 Å². The molecule has 0 aliphatic heterocycles. The smallest absolute Gasteiger partial charge is 0.183 e. The highest BCUT2D eigenvalue weighted by Crippen LogP contribution is 2.50. The lowest BCUT2D eigenvalue weighted by Gasteiger charge is -2.38. The van der Waals surface area contributed by atoms with Gasteiger partial charge in [0.25, 0.3) is 0 Å². The Morgan fingerprint density at radius 2 is 1.86 bits per heavy atom. The van der Waals surface area contributed by atoms with E-state index in [1.54, 1.807) is 0 Å². The number of hydrogen-bond acceptors (Lipinski definition) is 1. The monoisotopic (exact) mass is 292 g/mol. The Bertz CT molecular complexity index is 372. The highest BCUT2D eigenvalue weighted by Gasteiger charge is 2.52. The lowest BCUT2D eigenvalue weighted by atomic mass is 9.78. The number of alkyl halides is 2. The van der Waals surface area contributed by atoms with E-state index in [4.69, 9.17) is 23.2 Å². The van der Waals surface area contributed by atoms with Crippen LogP contribution in [0.1, 0.15) is 17.9 Å². The highest BCUT2D eigenvalue weighted by atomic mass is 79.9. The highest BCUT2D eigenvalue weighted by molar-refractivity contribution is 9.10. The summed E-state index contributed by atoms with van der Waals surface area (Å²) in [7, 11) is 0. The van der Waals surface area contributed by atoms with Crippen molar-refractivity contribution in [3.05, 3.63) is 34.3 Å². The number of benzene rings is 1. The summed E-state index contributed by atoms with van der Waals surface area (Å²) in [6.07, 6.45) is 0.439. The topological polar surface area (TPSA) is 17.1 Å². The zero-order valence-corrected chi connectivity index (χ0v) is 10.2. The summed E-state index contributed by atoms with van der Waals surface area (Å²) in [4.78, 5) is 11.1. The van der Waals surface area contributed by atoms with Crippen molar-refractivity contribution in [2.24, 2.45) is 0 Å². The lowest BCUT2D eigenvalue weighted by molar-refractivity contribution is -0.125. The fourth-order valence-corrected chi connectivity index (χ4v) is 2.36. The molecule has 1 aliphatic rings. The standard InChI is InChI=1S/C10H7BrCl2O/c11-7-3-1-6(2-4-7)8-5-9(14)10(8,12)13/h1-4,8H,5H2/t8-/m0/s1. The van der Waals surface area contributed by atoms with E-state index in [0.717, 1.165) is 10.0 Å². The Labute approximate surface area is 101 Å². The van der Waals surface area contributed by atoms with Crippen molar-refractivity contribution < 1.29 is 4.79 Å². The van der Waals surface area contributed by atoms with Gasteiger partial charge in [0.2, 0.25) is 0 Å². The number of rotatable bonds is 1. The van der Waals surface area contributed by atoms with E-state index in [2.05, 4.69) is 15.9 Å². The van der Waals surface area contributed by atoms with Gasteiger partial charge in [-0.15, -0.1) is 0 Å². The Balaban J connectivity index is 2.26. The molecule has 0 spiro atoms. The summed E-state index contributed by atoms with van der Waals surface area (Å²) in [6.45, 7) is 0. The summed E-state index contributed by atoms with van der Waals surface area (Å²) in [5, 5.41) is 0. The summed E-state index contributed by atoms with van der Waals surface area (Å²) >= 11 is 15.1. The SMILES string of the molecule is O=C1C[C@@H](c2ccc(Br)cc2)C1(Cl)Cl. The average Bonchev–Trinajstić information content (AvgIpc) is 2.16. The second-order valence-electron chi connectivity index (χ2n) is 3.35. The normalized spacial score (nSPS) is 24.5. The second-order valence-corrected chi connectivity index (χ2v) is 5.66. The van der Waals surface area contributed by atoms with Gasteiger partial charge in [-0.1, -0.05) is 51.3 Å². The summed E-state index contributed by atoms with van der Waals surface area (Å²) in [5.41, 5.74) is 1.01. The van der Waals surface area contributed by atoms with Crippen molar-refractivity contribution in [3.8, 4) is 0 Å². The van der Waals surface area contributed by atoms with Crippen molar-refractivity contribution in [1.29, 1.82) is 0 Å². The maximum absolute atomic E-state index is 11.1. The minimum absolute atomic E-state index is 0.0635. The molecule has 0 N–H and O–H groups in total. The molecule has 14 heavy (non-hydrogen) atoms. The fourth-order valence-electron chi connectivity index (χ4n) is 1.54. The number of halogens is 3. The van der Waals surface area contributed by atoms with E-state index in [-0.39, 0.29) is 11.7 Å². The van der Waals surface area contributed by atoms with Gasteiger partial charge in [-0.25, -0.2) is 0 Å². The van der Waals surface area contributed by atoms with Crippen LogP contribution in [0.5, 0.6) is 0 Å². The van der Waals surface area contributed by atoms with Crippen molar-refractivity contribution in [3.63, 3.8) is 0 Å². The number of ketones is 1. The van der Waals surface area contributed by atoms with Gasteiger partial charge in [0, 0.05) is 16.8 Å². The van der Waals surface area contributed by atoms with E-state index in [1.165, 1.54) is 0 Å². The molecule has 1 aromatic rings. The van der Waals surface area contributed by atoms with Crippen LogP contribution < -0.4 is 0 Å². The summed E-state index contributed by atoms with van der Waals surface area (Å²) in [6, 6.07) is 7.70. The Morgan fingerprint density at radius 1 is 1.29 bits per heavy atom. The molecule has 1 saturated carbocycles. The summed E-state index contributed by atoms with van der Waals surface area (Å²) in [5.74, 6) is -0.153. The van der Waals surface area contributed by atoms with Crippen LogP contribution >= 0.6 is 39.1 Å². The van der Waals surface area contributed by atoms with Gasteiger partial charge in [-0.3, -0.25) is 4.79 Å². The second kappa shape index (κ2) is 3.51. The maximum atomic E-state index is 11.1. The van der Waals surface area contributed by atoms with Crippen LogP contribution in [0.25, 0.3) is 0 Å². The molecule has 0 amide bonds. The first-order valence-electron chi connectivity index (χ1n) is 4.18. The van der Waals surface area contributed by atoms with Crippen LogP contribution in [0.2, 0.25) is 0 Å². The molecule has 74 valence electrons. The van der Waals surface area contributed by atoms with Gasteiger partial charge in [0.05, 0.1) is 0 Å². The first kappa shape index (κ1) is 10.5. The molecule has 1 aromatic carbocycles. The van der Waals surface area contributed by atoms with Crippen LogP contribution in [0.3, 0.4) is 0 Å². The quantitative estimate of drug-likeness (QED) is 0.722. The molecular formula is C10H7BrCl2O. The first-order chi connectivity index (χ1) is 6.51. The van der Waals surface area contributed by atoms with Gasteiger partial charge in [0.1, 0.15) is 0 Å². The largest absolute Gasteiger partial charge is 0.296 e. The maximum Gasteiger partial charge on any atom is 0.183 e. The molecule has 1 fully saturated rings. The van der Waals surface area contributed by atoms with Gasteiger partial charge in [-0.05, 0) is 17.7 Å². The summed E-state index contributed by atoms with van der Waals surface area (Å²) < 4.78 is -0.213. The van der Waals surface area contributed by atoms with Crippen molar-refractivity contribution in [1.82, 2.24) is 0 Å². The van der Waals surface area contributed by atoms with E-state index in [9.17, 15) is 4.79 Å². The molecule has 0 aromatic heterocycles. The van der Waals surface area contributed by atoms with Crippen LogP contribution in [0, 0.1) is 0 Å². The van der Waals surface area contributed by atoms with Crippen LogP contribution in [-0.2, 0) is 4.79 Å². The molecule has 1 aliphatic carbocycles. The fraction of sp³-hybridized carbons (Fsp3) is 0.300. The zero-order chi connectivity index (χ0) is 10.3. The van der Waals surface area contributed by atoms with Crippen molar-refractivity contribution >= 4 is 44.9 Å². The molecule has 4 heteroatoms. The van der Waals surface area contributed by atoms with Crippen LogP contribution in [0.4, 0.5) is 0 Å². The lowest BCUT2D eigenvalue weighted by Crippen LogP contribution is -2.45. The third-order valence-corrected chi connectivity index (χ3v) is 3.95. The zero-order valence-electron chi connectivity index (χ0n) is 7.14. The molecule has 0 saturated heterocycles. The van der Waals surface area contributed by atoms with E-state index < -0.39 is 4.33 Å². The van der Waals surface area contributed by atoms with Crippen molar-refractivity contribution in [2.45, 2.75) is 16.7 Å². The number of hydrogen-bond donors (Lipinski definition) is 0. The third-order valence-electron chi connectivity index (χ3n) is 2.47. The molecule has 0 heterocycles. The van der Waals surface area contributed by atoms with Gasteiger partial charge < -0.3 is 0 Å². The third kappa shape index (κ3) is 1.60. The minimum atomic E-state index is -1.21. The number of Topliss-reactive ketones (excluding diaryl/α,β-unsaturated/α-hetero) is 1. The van der Waals surface area contributed by atoms with Crippen LogP contribution in [-0.4, -0.2) is 10.1 Å². The predicted octanol–water partition coefficient (Wildman–Crippen LogP) is 3.68. The van der Waals surface area contributed by atoms with Gasteiger partial charge in [0.15, 0.2) is 10.1 Å². The van der Waals surface area contributed by atoms with Gasteiger partial charge >= 0.3 is 0 Å². The molecule has 1 atom stereocenters.